The van der Waals surface area contributed by atoms with Crippen molar-refractivity contribution in [1.29, 1.82) is 0 Å². The van der Waals surface area contributed by atoms with Gasteiger partial charge in [-0.2, -0.15) is 0 Å². The van der Waals surface area contributed by atoms with Gasteiger partial charge in [-0.05, 0) is 38.5 Å². The van der Waals surface area contributed by atoms with Gasteiger partial charge in [0.15, 0.2) is 6.10 Å². The number of hydrogen-bond acceptors (Lipinski definition) is 8. The molecule has 0 aromatic heterocycles. The lowest BCUT2D eigenvalue weighted by Gasteiger charge is -2.28. The SMILES string of the molecule is CCCCCCCCCC/C=C\CCCCCCCCCCCCCC(=O)OC(COC(=O)CCCCCCCCCCCCCCCCCCCCCCC)COP(=O)([O-])OCC[N+](C)(C)C. The minimum atomic E-state index is -4.63. The second-order valence-corrected chi connectivity index (χ2v) is 22.8. The maximum absolute atomic E-state index is 12.8. The number of unbranched alkanes of at least 4 members (excludes halogenated alkanes) is 39. The smallest absolute Gasteiger partial charge is 0.306 e. The maximum atomic E-state index is 12.8. The first-order chi connectivity index (χ1) is 33.0. The largest absolute Gasteiger partial charge is 0.756 e. The number of rotatable bonds is 55. The lowest BCUT2D eigenvalue weighted by Crippen LogP contribution is -2.37. The summed E-state index contributed by atoms with van der Waals surface area (Å²) in [5.41, 5.74) is 0. The van der Waals surface area contributed by atoms with E-state index in [9.17, 15) is 19.0 Å². The van der Waals surface area contributed by atoms with Gasteiger partial charge in [0.1, 0.15) is 19.8 Å². The highest BCUT2D eigenvalue weighted by atomic mass is 31.2. The lowest BCUT2D eigenvalue weighted by atomic mass is 10.0. The molecule has 0 rings (SSSR count). The van der Waals surface area contributed by atoms with E-state index in [1.54, 1.807) is 0 Å². The molecule has 0 aliphatic carbocycles. The summed E-state index contributed by atoms with van der Waals surface area (Å²) in [6, 6.07) is 0. The first kappa shape index (κ1) is 66.8. The standard InChI is InChI=1S/C58H114NO8P/c1-6-8-10-12-14-16-18-20-22-24-26-28-29-31-33-35-37-39-41-43-45-47-49-51-58(61)67-56(55-66-68(62,63)65-53-52-59(3,4)5)54-64-57(60)50-48-46-44-42-40-38-36-34-32-30-27-25-23-21-19-17-15-13-11-9-7-2/h24,26,56H,6-23,25,27-55H2,1-5H3/b26-24-. The van der Waals surface area contributed by atoms with Crippen molar-refractivity contribution in [1.82, 2.24) is 0 Å². The molecule has 0 N–H and O–H groups in total. The van der Waals surface area contributed by atoms with E-state index in [4.69, 9.17) is 18.5 Å². The molecule has 0 spiro atoms. The number of likely N-dealkylation sites (N-methyl/N-ethyl adjacent to an activating group) is 1. The van der Waals surface area contributed by atoms with Gasteiger partial charge in [0.05, 0.1) is 27.7 Å². The monoisotopic (exact) mass is 984 g/mol. The van der Waals surface area contributed by atoms with Gasteiger partial charge < -0.3 is 27.9 Å². The van der Waals surface area contributed by atoms with Crippen molar-refractivity contribution in [3.8, 4) is 0 Å². The molecule has 0 bridgehead atoms. The summed E-state index contributed by atoms with van der Waals surface area (Å²) in [7, 11) is 1.18. The lowest BCUT2D eigenvalue weighted by molar-refractivity contribution is -0.870. The summed E-state index contributed by atoms with van der Waals surface area (Å²) in [4.78, 5) is 37.9. The van der Waals surface area contributed by atoms with Crippen molar-refractivity contribution < 1.29 is 42.1 Å². The summed E-state index contributed by atoms with van der Waals surface area (Å²) in [5, 5.41) is 0. The van der Waals surface area contributed by atoms with Crippen LogP contribution in [0.3, 0.4) is 0 Å². The van der Waals surface area contributed by atoms with Crippen molar-refractivity contribution >= 4 is 19.8 Å². The van der Waals surface area contributed by atoms with E-state index in [2.05, 4.69) is 26.0 Å². The number of carbonyl (C=O) groups is 2. The van der Waals surface area contributed by atoms with Crippen LogP contribution >= 0.6 is 7.82 Å². The van der Waals surface area contributed by atoms with Crippen LogP contribution in [0.4, 0.5) is 0 Å². The molecule has 0 saturated carbocycles. The molecule has 2 unspecified atom stereocenters. The second kappa shape index (κ2) is 50.7. The van der Waals surface area contributed by atoms with Crippen LogP contribution in [0.2, 0.25) is 0 Å². The molecular weight excluding hydrogens is 870 g/mol. The molecule has 0 amide bonds. The molecule has 9 nitrogen and oxygen atoms in total. The number of ether oxygens (including phenoxy) is 2. The number of phosphoric ester groups is 1. The zero-order valence-electron chi connectivity index (χ0n) is 45.8. The number of esters is 2. The zero-order chi connectivity index (χ0) is 49.9. The highest BCUT2D eigenvalue weighted by molar-refractivity contribution is 7.45. The highest BCUT2D eigenvalue weighted by Crippen LogP contribution is 2.38. The second-order valence-electron chi connectivity index (χ2n) is 21.4. The van der Waals surface area contributed by atoms with Gasteiger partial charge in [-0.15, -0.1) is 0 Å². The van der Waals surface area contributed by atoms with Gasteiger partial charge in [-0.25, -0.2) is 0 Å². The Morgan fingerprint density at radius 3 is 1.09 bits per heavy atom. The summed E-state index contributed by atoms with van der Waals surface area (Å²) in [5.74, 6) is -0.815. The summed E-state index contributed by atoms with van der Waals surface area (Å²) >= 11 is 0. The molecule has 0 fully saturated rings. The van der Waals surface area contributed by atoms with Crippen molar-refractivity contribution in [3.05, 3.63) is 12.2 Å². The fourth-order valence-corrected chi connectivity index (χ4v) is 9.44. The number of carbonyl (C=O) groups excluding carboxylic acids is 2. The molecule has 10 heteroatoms. The van der Waals surface area contributed by atoms with Gasteiger partial charge >= 0.3 is 11.9 Å². The molecule has 0 heterocycles. The average Bonchev–Trinajstić information content (AvgIpc) is 3.30. The fourth-order valence-electron chi connectivity index (χ4n) is 8.71. The number of hydrogen-bond donors (Lipinski definition) is 0. The van der Waals surface area contributed by atoms with Crippen LogP contribution in [0.5, 0.6) is 0 Å². The van der Waals surface area contributed by atoms with Crippen molar-refractivity contribution in [2.45, 2.75) is 302 Å². The van der Waals surface area contributed by atoms with Crippen molar-refractivity contribution in [3.63, 3.8) is 0 Å². The van der Waals surface area contributed by atoms with Crippen LogP contribution < -0.4 is 4.89 Å². The third-order valence-electron chi connectivity index (χ3n) is 13.3. The van der Waals surface area contributed by atoms with E-state index >= 15 is 0 Å². The molecule has 404 valence electrons. The Kier molecular flexibility index (Phi) is 49.8. The normalized spacial score (nSPS) is 13.3. The Hall–Kier alpha value is -1.25. The van der Waals surface area contributed by atoms with Gasteiger partial charge in [0.25, 0.3) is 7.82 Å². The molecule has 0 aromatic carbocycles. The molecule has 68 heavy (non-hydrogen) atoms. The van der Waals surface area contributed by atoms with Crippen LogP contribution in [0, 0.1) is 0 Å². The molecule has 0 aliphatic rings. The van der Waals surface area contributed by atoms with Gasteiger partial charge in [0.2, 0.25) is 0 Å². The van der Waals surface area contributed by atoms with Crippen LogP contribution in [-0.2, 0) is 32.7 Å². The highest BCUT2D eigenvalue weighted by Gasteiger charge is 2.22. The van der Waals surface area contributed by atoms with E-state index in [1.165, 1.54) is 225 Å². The minimum Gasteiger partial charge on any atom is -0.756 e. The molecule has 0 radical (unpaired) electrons. The van der Waals surface area contributed by atoms with Gasteiger partial charge in [0, 0.05) is 12.8 Å². The Morgan fingerprint density at radius 2 is 0.750 bits per heavy atom. The number of quaternary nitrogens is 1. The summed E-state index contributed by atoms with van der Waals surface area (Å²) < 4.78 is 34.2. The Morgan fingerprint density at radius 1 is 0.441 bits per heavy atom. The van der Waals surface area contributed by atoms with Crippen LogP contribution in [-0.4, -0.2) is 70.0 Å². The quantitative estimate of drug-likeness (QED) is 0.0195. The predicted molar refractivity (Wildman–Crippen MR) is 287 cm³/mol. The van der Waals surface area contributed by atoms with E-state index < -0.39 is 26.5 Å². The Bertz CT molecular complexity index is 1160. The maximum Gasteiger partial charge on any atom is 0.306 e. The van der Waals surface area contributed by atoms with Gasteiger partial charge in [-0.1, -0.05) is 257 Å². The topological polar surface area (TPSA) is 111 Å². The minimum absolute atomic E-state index is 0.0270. The van der Waals surface area contributed by atoms with Crippen LogP contribution in [0.15, 0.2) is 12.2 Å². The third-order valence-corrected chi connectivity index (χ3v) is 14.2. The van der Waals surface area contributed by atoms with E-state index in [-0.39, 0.29) is 32.0 Å². The zero-order valence-corrected chi connectivity index (χ0v) is 46.7. The van der Waals surface area contributed by atoms with Crippen LogP contribution in [0.1, 0.15) is 296 Å². The summed E-state index contributed by atoms with van der Waals surface area (Å²) in [6.45, 7) is 4.30. The van der Waals surface area contributed by atoms with E-state index in [1.807, 2.05) is 21.1 Å². The first-order valence-electron chi connectivity index (χ1n) is 29.4. The summed E-state index contributed by atoms with van der Waals surface area (Å²) in [6.07, 6.45) is 58.3. The Balaban J connectivity index is 4.12. The number of phosphoric acid groups is 1. The molecule has 2 atom stereocenters. The van der Waals surface area contributed by atoms with E-state index in [0.29, 0.717) is 17.4 Å². The van der Waals surface area contributed by atoms with E-state index in [0.717, 1.165) is 38.5 Å². The number of nitrogens with zero attached hydrogens (tertiary/aromatic N) is 1. The first-order valence-corrected chi connectivity index (χ1v) is 30.9. The molecule has 0 saturated heterocycles. The third kappa shape index (κ3) is 54.1. The Labute approximate surface area is 422 Å². The number of allylic oxidation sites excluding steroid dienone is 2. The molecule has 0 aliphatic heterocycles. The fraction of sp³-hybridized carbons (Fsp3) is 0.931. The van der Waals surface area contributed by atoms with Gasteiger partial charge in [-0.3, -0.25) is 14.2 Å². The molecule has 0 aromatic rings. The van der Waals surface area contributed by atoms with Crippen molar-refractivity contribution in [2.24, 2.45) is 0 Å². The average molecular weight is 985 g/mol. The predicted octanol–water partition coefficient (Wildman–Crippen LogP) is 17.4. The van der Waals surface area contributed by atoms with Crippen molar-refractivity contribution in [2.75, 3.05) is 47.5 Å². The van der Waals surface area contributed by atoms with Crippen LogP contribution in [0.25, 0.3) is 0 Å². The molecular formula is C58H114NO8P.